The van der Waals surface area contributed by atoms with E-state index < -0.39 is 0 Å². The molecule has 0 aromatic heterocycles. The molecule has 1 aliphatic rings. The highest BCUT2D eigenvalue weighted by molar-refractivity contribution is 5.87. The molecule has 33 heavy (non-hydrogen) atoms. The zero-order chi connectivity index (χ0) is 22.9. The van der Waals surface area contributed by atoms with Crippen LogP contribution in [0.25, 0.3) is 21.9 Å². The van der Waals surface area contributed by atoms with Crippen LogP contribution in [0.5, 0.6) is 0 Å². The summed E-state index contributed by atoms with van der Waals surface area (Å²) in [4.78, 5) is 0. The normalized spacial score (nSPS) is 18.7. The van der Waals surface area contributed by atoms with Crippen LogP contribution in [0.4, 0.5) is 0 Å². The number of allylic oxidation sites excluding steroid dienone is 3. The van der Waals surface area contributed by atoms with Crippen LogP contribution in [0.15, 0.2) is 85.5 Å². The van der Waals surface area contributed by atoms with E-state index in [1.807, 2.05) is 0 Å². The molecule has 0 N–H and O–H groups in total. The van der Waals surface area contributed by atoms with Crippen molar-refractivity contribution in [1.29, 1.82) is 0 Å². The topological polar surface area (TPSA) is 0 Å². The molecule has 0 amide bonds. The molecule has 3 aromatic rings. The number of hydrogen-bond donors (Lipinski definition) is 0. The van der Waals surface area contributed by atoms with Gasteiger partial charge in [0, 0.05) is 0 Å². The summed E-state index contributed by atoms with van der Waals surface area (Å²) in [7, 11) is 0. The maximum atomic E-state index is 3.87. The van der Waals surface area contributed by atoms with Crippen molar-refractivity contribution in [1.82, 2.24) is 0 Å². The van der Waals surface area contributed by atoms with Crippen molar-refractivity contribution in [2.75, 3.05) is 0 Å². The Morgan fingerprint density at radius 3 is 2.06 bits per heavy atom. The van der Waals surface area contributed by atoms with Gasteiger partial charge in [0.2, 0.25) is 0 Å². The minimum atomic E-state index is 0.924. The molecule has 3 aromatic carbocycles. The van der Waals surface area contributed by atoms with Crippen molar-refractivity contribution in [2.24, 2.45) is 11.8 Å². The van der Waals surface area contributed by atoms with Crippen LogP contribution in [-0.4, -0.2) is 0 Å². The summed E-state index contributed by atoms with van der Waals surface area (Å²) in [5.41, 5.74) is 5.54. The minimum absolute atomic E-state index is 0.924. The van der Waals surface area contributed by atoms with Crippen LogP contribution < -0.4 is 0 Å². The van der Waals surface area contributed by atoms with Gasteiger partial charge >= 0.3 is 0 Å². The number of rotatable bonds is 10. The lowest BCUT2D eigenvalue weighted by molar-refractivity contribution is 0.254. The zero-order valence-corrected chi connectivity index (χ0v) is 20.4. The Bertz CT molecular complexity index is 1050. The molecule has 0 heteroatoms. The van der Waals surface area contributed by atoms with Crippen LogP contribution in [0.3, 0.4) is 0 Å². The Balaban J connectivity index is 1.32. The Morgan fingerprint density at radius 2 is 1.33 bits per heavy atom. The fourth-order valence-electron chi connectivity index (χ4n) is 5.44. The standard InChI is InChI=1S/C33H40/c1-3-5-7-9-29-18-21-33-25-32(23-22-31(33)24-29)30-19-16-28(17-20-30)15-14-27-12-10-26(11-13-27)8-6-4-2/h3-5,16-27H,2,6-15H2,1H3/b5-3+. The summed E-state index contributed by atoms with van der Waals surface area (Å²) in [5, 5.41) is 2.67. The fraction of sp³-hybridized carbons (Fsp3) is 0.394. The third-order valence-corrected chi connectivity index (χ3v) is 7.61. The maximum absolute atomic E-state index is 3.87. The van der Waals surface area contributed by atoms with Gasteiger partial charge < -0.3 is 0 Å². The van der Waals surface area contributed by atoms with E-state index >= 15 is 0 Å². The maximum Gasteiger partial charge on any atom is -0.0178 e. The van der Waals surface area contributed by atoms with Crippen LogP contribution >= 0.6 is 0 Å². The van der Waals surface area contributed by atoms with Crippen molar-refractivity contribution in [3.8, 4) is 11.1 Å². The van der Waals surface area contributed by atoms with Crippen molar-refractivity contribution in [3.05, 3.63) is 96.6 Å². The minimum Gasteiger partial charge on any atom is -0.103 e. The van der Waals surface area contributed by atoms with E-state index in [2.05, 4.69) is 92.4 Å². The summed E-state index contributed by atoms with van der Waals surface area (Å²) in [6.07, 6.45) is 19.5. The van der Waals surface area contributed by atoms with Crippen LogP contribution in [-0.2, 0) is 12.8 Å². The second-order valence-electron chi connectivity index (χ2n) is 9.99. The van der Waals surface area contributed by atoms with Crippen molar-refractivity contribution in [3.63, 3.8) is 0 Å². The molecule has 172 valence electrons. The first kappa shape index (κ1) is 23.6. The first-order valence-electron chi connectivity index (χ1n) is 13.1. The molecule has 1 saturated carbocycles. The van der Waals surface area contributed by atoms with Crippen molar-refractivity contribution in [2.45, 2.75) is 71.1 Å². The Hall–Kier alpha value is -2.60. The predicted molar refractivity (Wildman–Crippen MR) is 146 cm³/mol. The van der Waals surface area contributed by atoms with Gasteiger partial charge in [-0.2, -0.15) is 0 Å². The van der Waals surface area contributed by atoms with Crippen LogP contribution in [0, 0.1) is 11.8 Å². The highest BCUT2D eigenvalue weighted by Gasteiger charge is 2.20. The number of fused-ring (bicyclic) bond motifs is 1. The van der Waals surface area contributed by atoms with Gasteiger partial charge in [0.25, 0.3) is 0 Å². The number of benzene rings is 3. The second kappa shape index (κ2) is 12.0. The van der Waals surface area contributed by atoms with Gasteiger partial charge in [-0.1, -0.05) is 98.5 Å². The first-order valence-corrected chi connectivity index (χ1v) is 13.1. The van der Waals surface area contributed by atoms with E-state index in [0.29, 0.717) is 0 Å². The SMILES string of the molecule is C=CCCC1CCC(CCc2ccc(-c3ccc4cc(CC/C=C/C)ccc4c3)cc2)CC1. The summed E-state index contributed by atoms with van der Waals surface area (Å²) in [6.45, 7) is 5.96. The molecule has 0 unspecified atom stereocenters. The second-order valence-corrected chi connectivity index (χ2v) is 9.99. The van der Waals surface area contributed by atoms with Gasteiger partial charge in [-0.3, -0.25) is 0 Å². The molecule has 0 nitrogen and oxygen atoms in total. The summed E-state index contributed by atoms with van der Waals surface area (Å²) in [6, 6.07) is 23.1. The Morgan fingerprint density at radius 1 is 0.697 bits per heavy atom. The molecule has 0 aliphatic heterocycles. The smallest absolute Gasteiger partial charge is 0.0178 e. The van der Waals surface area contributed by atoms with Crippen LogP contribution in [0.1, 0.15) is 69.4 Å². The highest BCUT2D eigenvalue weighted by Crippen LogP contribution is 2.34. The van der Waals surface area contributed by atoms with Gasteiger partial charge in [0.15, 0.2) is 0 Å². The quantitative estimate of drug-likeness (QED) is 0.277. The lowest BCUT2D eigenvalue weighted by Crippen LogP contribution is -2.15. The molecule has 4 rings (SSSR count). The Labute approximate surface area is 201 Å². The van der Waals surface area contributed by atoms with E-state index in [1.54, 1.807) is 0 Å². The lowest BCUT2D eigenvalue weighted by Gasteiger charge is -2.28. The van der Waals surface area contributed by atoms with E-state index in [4.69, 9.17) is 0 Å². The van der Waals surface area contributed by atoms with Gasteiger partial charge in [-0.15, -0.1) is 6.58 Å². The summed E-state index contributed by atoms with van der Waals surface area (Å²) >= 11 is 0. The molecule has 0 saturated heterocycles. The average Bonchev–Trinajstić information content (AvgIpc) is 2.87. The number of hydrogen-bond acceptors (Lipinski definition) is 0. The molecule has 0 spiro atoms. The molecular weight excluding hydrogens is 396 g/mol. The van der Waals surface area contributed by atoms with E-state index in [1.165, 1.54) is 84.4 Å². The third-order valence-electron chi connectivity index (χ3n) is 7.61. The van der Waals surface area contributed by atoms with Gasteiger partial charge in [-0.25, -0.2) is 0 Å². The monoisotopic (exact) mass is 436 g/mol. The Kier molecular flexibility index (Phi) is 8.59. The zero-order valence-electron chi connectivity index (χ0n) is 20.4. The summed E-state index contributed by atoms with van der Waals surface area (Å²) in [5.74, 6) is 1.87. The van der Waals surface area contributed by atoms with Gasteiger partial charge in [0.05, 0.1) is 0 Å². The third kappa shape index (κ3) is 6.70. The first-order chi connectivity index (χ1) is 16.2. The summed E-state index contributed by atoms with van der Waals surface area (Å²) < 4.78 is 0. The molecule has 0 bridgehead atoms. The van der Waals surface area contributed by atoms with Gasteiger partial charge in [-0.05, 0) is 96.4 Å². The highest BCUT2D eigenvalue weighted by atomic mass is 14.3. The fourth-order valence-corrected chi connectivity index (χ4v) is 5.44. The number of aryl methyl sites for hydroxylation is 2. The van der Waals surface area contributed by atoms with E-state index in [0.717, 1.165) is 24.7 Å². The van der Waals surface area contributed by atoms with E-state index in [-0.39, 0.29) is 0 Å². The largest absolute Gasteiger partial charge is 0.103 e. The van der Waals surface area contributed by atoms with E-state index in [9.17, 15) is 0 Å². The molecule has 0 radical (unpaired) electrons. The predicted octanol–water partition coefficient (Wildman–Crippen LogP) is 9.72. The van der Waals surface area contributed by atoms with Gasteiger partial charge in [0.1, 0.15) is 0 Å². The molecule has 1 aliphatic carbocycles. The molecule has 0 atom stereocenters. The lowest BCUT2D eigenvalue weighted by atomic mass is 9.78. The van der Waals surface area contributed by atoms with Crippen molar-refractivity contribution >= 4 is 10.8 Å². The van der Waals surface area contributed by atoms with Crippen LogP contribution in [0.2, 0.25) is 0 Å². The molecule has 1 fully saturated rings. The average molecular weight is 437 g/mol. The van der Waals surface area contributed by atoms with Crippen molar-refractivity contribution < 1.29 is 0 Å². The molecular formula is C33H40. The molecule has 0 heterocycles.